The first-order valence-corrected chi connectivity index (χ1v) is 7.62. The third-order valence-corrected chi connectivity index (χ3v) is 3.88. The summed E-state index contributed by atoms with van der Waals surface area (Å²) < 4.78 is 43.0. The molecule has 0 aliphatic carbocycles. The molecule has 0 aromatic heterocycles. The Morgan fingerprint density at radius 3 is 2.65 bits per heavy atom. The molecule has 0 unspecified atom stereocenters. The van der Waals surface area contributed by atoms with Crippen molar-refractivity contribution in [3.05, 3.63) is 40.4 Å². The van der Waals surface area contributed by atoms with Crippen molar-refractivity contribution in [2.24, 2.45) is 0 Å². The lowest BCUT2D eigenvalue weighted by atomic mass is 9.93. The van der Waals surface area contributed by atoms with Crippen molar-refractivity contribution in [2.75, 3.05) is 26.2 Å². The summed E-state index contributed by atoms with van der Waals surface area (Å²) in [5.74, 6) is -0.492. The Morgan fingerprint density at radius 2 is 2.04 bits per heavy atom. The SMILES string of the molecule is CCOC(=O)C1=C(c2ccccc2Cl)CN(CC(F)(F)F)CC1. The van der Waals surface area contributed by atoms with Gasteiger partial charge in [0.2, 0.25) is 0 Å². The molecule has 0 fully saturated rings. The molecule has 7 heteroatoms. The average molecular weight is 348 g/mol. The molecular weight excluding hydrogens is 331 g/mol. The van der Waals surface area contributed by atoms with Gasteiger partial charge in [0.25, 0.3) is 0 Å². The van der Waals surface area contributed by atoms with Gasteiger partial charge in [0, 0.05) is 23.7 Å². The fourth-order valence-electron chi connectivity index (χ4n) is 2.60. The Balaban J connectivity index is 2.38. The predicted molar refractivity (Wildman–Crippen MR) is 82.1 cm³/mol. The first-order chi connectivity index (χ1) is 10.8. The Bertz CT molecular complexity index is 614. The summed E-state index contributed by atoms with van der Waals surface area (Å²) >= 11 is 6.16. The van der Waals surface area contributed by atoms with Crippen LogP contribution in [-0.4, -0.2) is 43.3 Å². The van der Waals surface area contributed by atoms with Crippen LogP contribution in [0.4, 0.5) is 13.2 Å². The van der Waals surface area contributed by atoms with Crippen LogP contribution < -0.4 is 0 Å². The summed E-state index contributed by atoms with van der Waals surface area (Å²) in [6, 6.07) is 6.82. The lowest BCUT2D eigenvalue weighted by Crippen LogP contribution is -2.39. The van der Waals surface area contributed by atoms with Crippen molar-refractivity contribution in [2.45, 2.75) is 19.5 Å². The second kappa shape index (κ2) is 7.36. The molecule has 2 rings (SSSR count). The van der Waals surface area contributed by atoms with Crippen LogP contribution in [0.1, 0.15) is 18.9 Å². The maximum atomic E-state index is 12.7. The Hall–Kier alpha value is -1.53. The van der Waals surface area contributed by atoms with Gasteiger partial charge in [-0.05, 0) is 30.5 Å². The van der Waals surface area contributed by atoms with E-state index in [1.807, 2.05) is 0 Å². The topological polar surface area (TPSA) is 29.5 Å². The lowest BCUT2D eigenvalue weighted by molar-refractivity contribution is -0.145. The molecule has 1 aromatic carbocycles. The maximum absolute atomic E-state index is 12.7. The maximum Gasteiger partial charge on any atom is 0.401 e. The summed E-state index contributed by atoms with van der Waals surface area (Å²) in [4.78, 5) is 13.4. The van der Waals surface area contributed by atoms with E-state index in [1.54, 1.807) is 31.2 Å². The predicted octanol–water partition coefficient (Wildman–Crippen LogP) is 3.92. The van der Waals surface area contributed by atoms with Gasteiger partial charge >= 0.3 is 12.1 Å². The molecule has 1 aliphatic heterocycles. The first kappa shape index (κ1) is 17.8. The average Bonchev–Trinajstić information content (AvgIpc) is 2.46. The summed E-state index contributed by atoms with van der Waals surface area (Å²) in [5.41, 5.74) is 1.48. The molecule has 0 spiro atoms. The third kappa shape index (κ3) is 4.72. The Kier molecular flexibility index (Phi) is 5.70. The minimum Gasteiger partial charge on any atom is -0.463 e. The van der Waals surface area contributed by atoms with Crippen LogP contribution in [0.5, 0.6) is 0 Å². The normalized spacial score (nSPS) is 16.6. The number of alkyl halides is 3. The standard InChI is InChI=1S/C16H17ClF3NO2/c1-2-23-15(22)12-7-8-21(10-16(18,19)20)9-13(12)11-5-3-4-6-14(11)17/h3-6H,2,7-10H2,1H3. The van der Waals surface area contributed by atoms with Crippen molar-refractivity contribution < 1.29 is 22.7 Å². The molecule has 23 heavy (non-hydrogen) atoms. The van der Waals surface area contributed by atoms with Crippen LogP contribution in [0, 0.1) is 0 Å². The fourth-order valence-corrected chi connectivity index (χ4v) is 2.85. The largest absolute Gasteiger partial charge is 0.463 e. The van der Waals surface area contributed by atoms with Crippen molar-refractivity contribution in [1.82, 2.24) is 4.90 Å². The molecule has 0 radical (unpaired) electrons. The second-order valence-electron chi connectivity index (χ2n) is 5.23. The summed E-state index contributed by atoms with van der Waals surface area (Å²) in [5, 5.41) is 0.401. The van der Waals surface area contributed by atoms with Crippen LogP contribution in [0.3, 0.4) is 0 Å². The highest BCUT2D eigenvalue weighted by molar-refractivity contribution is 6.32. The van der Waals surface area contributed by atoms with Crippen LogP contribution in [-0.2, 0) is 9.53 Å². The molecule has 0 N–H and O–H groups in total. The van der Waals surface area contributed by atoms with Crippen molar-refractivity contribution in [3.63, 3.8) is 0 Å². The first-order valence-electron chi connectivity index (χ1n) is 7.25. The number of ether oxygens (including phenoxy) is 1. The number of nitrogens with zero attached hydrogens (tertiary/aromatic N) is 1. The fraction of sp³-hybridized carbons (Fsp3) is 0.438. The van der Waals surface area contributed by atoms with E-state index < -0.39 is 18.7 Å². The number of halogens is 4. The van der Waals surface area contributed by atoms with E-state index in [-0.39, 0.29) is 26.1 Å². The van der Waals surface area contributed by atoms with E-state index in [2.05, 4.69) is 0 Å². The molecule has 3 nitrogen and oxygen atoms in total. The van der Waals surface area contributed by atoms with Gasteiger partial charge in [0.1, 0.15) is 0 Å². The molecule has 0 saturated carbocycles. The van der Waals surface area contributed by atoms with Gasteiger partial charge in [0.05, 0.1) is 13.2 Å². The van der Waals surface area contributed by atoms with E-state index in [4.69, 9.17) is 16.3 Å². The van der Waals surface area contributed by atoms with Gasteiger partial charge in [-0.1, -0.05) is 29.8 Å². The lowest BCUT2D eigenvalue weighted by Gasteiger charge is -2.31. The molecular formula is C16H17ClF3NO2. The second-order valence-corrected chi connectivity index (χ2v) is 5.64. The van der Waals surface area contributed by atoms with Crippen LogP contribution in [0.15, 0.2) is 29.8 Å². The quantitative estimate of drug-likeness (QED) is 0.773. The van der Waals surface area contributed by atoms with Crippen molar-refractivity contribution in [1.29, 1.82) is 0 Å². The third-order valence-electron chi connectivity index (χ3n) is 3.55. The van der Waals surface area contributed by atoms with E-state index >= 15 is 0 Å². The van der Waals surface area contributed by atoms with Crippen molar-refractivity contribution in [3.8, 4) is 0 Å². The van der Waals surface area contributed by atoms with Crippen LogP contribution >= 0.6 is 11.6 Å². The molecule has 1 aromatic rings. The summed E-state index contributed by atoms with van der Waals surface area (Å²) in [6.07, 6.45) is -4.08. The molecule has 0 atom stereocenters. The van der Waals surface area contributed by atoms with E-state index in [0.29, 0.717) is 21.7 Å². The van der Waals surface area contributed by atoms with Gasteiger partial charge in [-0.2, -0.15) is 13.2 Å². The number of carbonyl (C=O) groups is 1. The van der Waals surface area contributed by atoms with E-state index in [1.165, 1.54) is 4.90 Å². The minimum atomic E-state index is -4.28. The Morgan fingerprint density at radius 1 is 1.35 bits per heavy atom. The molecule has 0 bridgehead atoms. The molecule has 1 heterocycles. The van der Waals surface area contributed by atoms with Crippen molar-refractivity contribution >= 4 is 23.1 Å². The number of hydrogen-bond acceptors (Lipinski definition) is 3. The number of benzene rings is 1. The number of carbonyl (C=O) groups excluding carboxylic acids is 1. The molecule has 126 valence electrons. The van der Waals surface area contributed by atoms with Gasteiger partial charge in [-0.3, -0.25) is 4.90 Å². The van der Waals surface area contributed by atoms with Gasteiger partial charge in [-0.25, -0.2) is 4.79 Å². The van der Waals surface area contributed by atoms with Gasteiger partial charge in [0.15, 0.2) is 0 Å². The number of rotatable bonds is 4. The van der Waals surface area contributed by atoms with E-state index in [9.17, 15) is 18.0 Å². The zero-order valence-corrected chi connectivity index (χ0v) is 13.4. The van der Waals surface area contributed by atoms with Crippen LogP contribution in [0.25, 0.3) is 5.57 Å². The zero-order chi connectivity index (χ0) is 17.0. The summed E-state index contributed by atoms with van der Waals surface area (Å²) in [7, 11) is 0. The molecule has 1 aliphatic rings. The highest BCUT2D eigenvalue weighted by Crippen LogP contribution is 2.33. The number of hydrogen-bond donors (Lipinski definition) is 0. The van der Waals surface area contributed by atoms with E-state index in [0.717, 1.165) is 0 Å². The monoisotopic (exact) mass is 347 g/mol. The minimum absolute atomic E-state index is 0.0113. The molecule has 0 amide bonds. The highest BCUT2D eigenvalue weighted by Gasteiger charge is 2.34. The zero-order valence-electron chi connectivity index (χ0n) is 12.6. The Labute approximate surface area is 137 Å². The molecule has 0 saturated heterocycles. The highest BCUT2D eigenvalue weighted by atomic mass is 35.5. The number of esters is 1. The van der Waals surface area contributed by atoms with Gasteiger partial charge < -0.3 is 4.74 Å². The van der Waals surface area contributed by atoms with Crippen LogP contribution in [0.2, 0.25) is 5.02 Å². The summed E-state index contributed by atoms with van der Waals surface area (Å²) in [6.45, 7) is 1.05. The van der Waals surface area contributed by atoms with Gasteiger partial charge in [-0.15, -0.1) is 0 Å². The smallest absolute Gasteiger partial charge is 0.401 e.